The first-order chi connectivity index (χ1) is 12.5. The molecule has 0 radical (unpaired) electrons. The molecule has 2 aliphatic heterocycles. The van der Waals surface area contributed by atoms with Crippen molar-refractivity contribution in [2.45, 2.75) is 25.4 Å². The lowest BCUT2D eigenvalue weighted by molar-refractivity contribution is -0.123. The van der Waals surface area contributed by atoms with Crippen LogP contribution in [0.25, 0.3) is 0 Å². The number of aromatic nitrogens is 2. The van der Waals surface area contributed by atoms with Crippen LogP contribution in [0, 0.1) is 0 Å². The van der Waals surface area contributed by atoms with E-state index < -0.39 is 17.5 Å². The number of amides is 4. The number of urea groups is 1. The predicted molar refractivity (Wildman–Crippen MR) is 92.4 cm³/mol. The first-order valence-electron chi connectivity index (χ1n) is 8.30. The molecular formula is C17H18N6O3. The summed E-state index contributed by atoms with van der Waals surface area (Å²) in [7, 11) is 0. The van der Waals surface area contributed by atoms with E-state index in [0.717, 1.165) is 24.2 Å². The topological polar surface area (TPSA) is 128 Å². The predicted octanol–water partition coefficient (Wildman–Crippen LogP) is 0.362. The molecule has 1 unspecified atom stereocenters. The van der Waals surface area contributed by atoms with Crippen molar-refractivity contribution in [2.24, 2.45) is 0 Å². The maximum absolute atomic E-state index is 12.6. The average molecular weight is 354 g/mol. The normalized spacial score (nSPS) is 21.7. The number of H-pyrrole nitrogens is 1. The third kappa shape index (κ3) is 2.62. The van der Waals surface area contributed by atoms with E-state index in [0.29, 0.717) is 23.5 Å². The van der Waals surface area contributed by atoms with Crippen molar-refractivity contribution in [2.75, 3.05) is 11.9 Å². The highest BCUT2D eigenvalue weighted by atomic mass is 16.2. The Kier molecular flexibility index (Phi) is 3.73. The second-order valence-electron chi connectivity index (χ2n) is 6.52. The summed E-state index contributed by atoms with van der Waals surface area (Å²) in [5.41, 5.74) is 2.12. The maximum atomic E-state index is 12.6. The molecule has 4 rings (SSSR count). The number of rotatable bonds is 3. The number of fused-ring (bicyclic) bond motifs is 1. The van der Waals surface area contributed by atoms with E-state index in [1.54, 1.807) is 31.2 Å². The lowest BCUT2D eigenvalue weighted by Crippen LogP contribution is -2.40. The lowest BCUT2D eigenvalue weighted by atomic mass is 9.92. The standard InChI is InChI=1S/C17H18N6O3/c1-17(15(25)20-16(26)21-17)9-3-2-4-10(7-9)19-14(24)13-11-8-18-6-5-12(11)22-23-13/h2-4,7,18H,5-6,8H2,1H3,(H,19,24)(H,22,23)(H2,20,21,25,26). The van der Waals surface area contributed by atoms with Crippen LogP contribution in [0.3, 0.4) is 0 Å². The molecule has 1 saturated heterocycles. The fourth-order valence-corrected chi connectivity index (χ4v) is 3.26. The summed E-state index contributed by atoms with van der Waals surface area (Å²) in [6.45, 7) is 3.06. The molecule has 0 saturated carbocycles. The summed E-state index contributed by atoms with van der Waals surface area (Å²) in [4.78, 5) is 36.2. The van der Waals surface area contributed by atoms with Crippen LogP contribution in [0.2, 0.25) is 0 Å². The van der Waals surface area contributed by atoms with Crippen LogP contribution in [0.15, 0.2) is 24.3 Å². The van der Waals surface area contributed by atoms with E-state index in [1.807, 2.05) is 0 Å². The molecule has 9 heteroatoms. The third-order valence-electron chi connectivity index (χ3n) is 4.76. The van der Waals surface area contributed by atoms with E-state index in [1.165, 1.54) is 0 Å². The minimum absolute atomic E-state index is 0.326. The number of benzene rings is 1. The van der Waals surface area contributed by atoms with Crippen LogP contribution < -0.4 is 21.3 Å². The molecule has 26 heavy (non-hydrogen) atoms. The molecule has 1 aromatic heterocycles. The van der Waals surface area contributed by atoms with Gasteiger partial charge in [-0.25, -0.2) is 4.79 Å². The number of nitrogens with one attached hydrogen (secondary N) is 5. The Bertz CT molecular complexity index is 921. The first kappa shape index (κ1) is 16.3. The largest absolute Gasteiger partial charge is 0.322 e. The van der Waals surface area contributed by atoms with E-state index >= 15 is 0 Å². The van der Waals surface area contributed by atoms with Gasteiger partial charge in [-0.15, -0.1) is 0 Å². The number of carbonyl (C=O) groups is 3. The van der Waals surface area contributed by atoms with Gasteiger partial charge in [0.15, 0.2) is 5.69 Å². The van der Waals surface area contributed by atoms with Crippen molar-refractivity contribution in [3.05, 3.63) is 46.8 Å². The molecule has 2 aliphatic rings. The number of hydrogen-bond donors (Lipinski definition) is 5. The molecule has 134 valence electrons. The van der Waals surface area contributed by atoms with Crippen molar-refractivity contribution < 1.29 is 14.4 Å². The minimum Gasteiger partial charge on any atom is -0.321 e. The van der Waals surface area contributed by atoms with Crippen LogP contribution in [-0.2, 0) is 23.3 Å². The van der Waals surface area contributed by atoms with Gasteiger partial charge in [-0.05, 0) is 24.6 Å². The van der Waals surface area contributed by atoms with E-state index in [4.69, 9.17) is 0 Å². The van der Waals surface area contributed by atoms with Gasteiger partial charge in [0.2, 0.25) is 0 Å². The molecule has 1 aromatic carbocycles. The molecule has 0 bridgehead atoms. The highest BCUT2D eigenvalue weighted by Crippen LogP contribution is 2.27. The molecule has 2 aromatic rings. The highest BCUT2D eigenvalue weighted by molar-refractivity contribution is 6.07. The monoisotopic (exact) mass is 354 g/mol. The molecule has 1 atom stereocenters. The van der Waals surface area contributed by atoms with Crippen molar-refractivity contribution in [3.63, 3.8) is 0 Å². The van der Waals surface area contributed by atoms with Gasteiger partial charge in [-0.2, -0.15) is 5.10 Å². The van der Waals surface area contributed by atoms with Gasteiger partial charge in [0.25, 0.3) is 11.8 Å². The number of imide groups is 1. The molecule has 0 aliphatic carbocycles. The summed E-state index contributed by atoms with van der Waals surface area (Å²) in [6, 6.07) is 6.29. The van der Waals surface area contributed by atoms with E-state index in [9.17, 15) is 14.4 Å². The van der Waals surface area contributed by atoms with Crippen LogP contribution in [0.5, 0.6) is 0 Å². The molecule has 3 heterocycles. The summed E-state index contributed by atoms with van der Waals surface area (Å²) < 4.78 is 0. The Morgan fingerprint density at radius 1 is 1.31 bits per heavy atom. The van der Waals surface area contributed by atoms with Gasteiger partial charge in [0, 0.05) is 36.5 Å². The molecule has 9 nitrogen and oxygen atoms in total. The molecule has 5 N–H and O–H groups in total. The third-order valence-corrected chi connectivity index (χ3v) is 4.76. The fourth-order valence-electron chi connectivity index (χ4n) is 3.26. The Balaban J connectivity index is 1.58. The number of nitrogens with zero attached hydrogens (tertiary/aromatic N) is 1. The van der Waals surface area contributed by atoms with Gasteiger partial charge in [-0.1, -0.05) is 12.1 Å². The van der Waals surface area contributed by atoms with Crippen LogP contribution >= 0.6 is 0 Å². The number of anilines is 1. The zero-order valence-electron chi connectivity index (χ0n) is 14.1. The van der Waals surface area contributed by atoms with Crippen molar-refractivity contribution in [3.8, 4) is 0 Å². The van der Waals surface area contributed by atoms with Gasteiger partial charge in [0.1, 0.15) is 5.54 Å². The second kappa shape index (κ2) is 5.95. The van der Waals surface area contributed by atoms with Gasteiger partial charge in [0.05, 0.1) is 0 Å². The quantitative estimate of drug-likeness (QED) is 0.509. The maximum Gasteiger partial charge on any atom is 0.322 e. The molecule has 4 amide bonds. The zero-order chi connectivity index (χ0) is 18.3. The van der Waals surface area contributed by atoms with Crippen molar-refractivity contribution >= 4 is 23.5 Å². The van der Waals surface area contributed by atoms with Gasteiger partial charge < -0.3 is 16.0 Å². The Morgan fingerprint density at radius 2 is 2.15 bits per heavy atom. The first-order valence-corrected chi connectivity index (χ1v) is 8.30. The second-order valence-corrected chi connectivity index (χ2v) is 6.52. The number of aromatic amines is 1. The molecule has 1 fully saturated rings. The minimum atomic E-state index is -1.17. The van der Waals surface area contributed by atoms with Crippen molar-refractivity contribution in [1.29, 1.82) is 0 Å². The molecular weight excluding hydrogens is 336 g/mol. The number of hydrogen-bond acceptors (Lipinski definition) is 5. The Hall–Kier alpha value is -3.20. The number of carbonyl (C=O) groups excluding carboxylic acids is 3. The smallest absolute Gasteiger partial charge is 0.321 e. The highest BCUT2D eigenvalue weighted by Gasteiger charge is 2.43. The van der Waals surface area contributed by atoms with Gasteiger partial charge >= 0.3 is 6.03 Å². The molecule has 0 spiro atoms. The van der Waals surface area contributed by atoms with Crippen LogP contribution in [0.1, 0.15) is 34.2 Å². The van der Waals surface area contributed by atoms with E-state index in [-0.39, 0.29) is 5.91 Å². The summed E-state index contributed by atoms with van der Waals surface area (Å²) in [5.74, 6) is -0.758. The van der Waals surface area contributed by atoms with Crippen molar-refractivity contribution in [1.82, 2.24) is 26.1 Å². The zero-order valence-corrected chi connectivity index (χ0v) is 14.1. The van der Waals surface area contributed by atoms with Crippen LogP contribution in [-0.4, -0.2) is 34.6 Å². The Morgan fingerprint density at radius 3 is 2.92 bits per heavy atom. The SMILES string of the molecule is CC1(c2cccc(NC(=O)c3n[nH]c4c3CNCC4)c2)NC(=O)NC1=O. The Labute approximate surface area is 148 Å². The van der Waals surface area contributed by atoms with Crippen LogP contribution in [0.4, 0.5) is 10.5 Å². The summed E-state index contributed by atoms with van der Waals surface area (Å²) >= 11 is 0. The van der Waals surface area contributed by atoms with E-state index in [2.05, 4.69) is 31.5 Å². The fraction of sp³-hybridized carbons (Fsp3) is 0.294. The van der Waals surface area contributed by atoms with Gasteiger partial charge in [-0.3, -0.25) is 20.0 Å². The lowest BCUT2D eigenvalue weighted by Gasteiger charge is -2.21. The summed E-state index contributed by atoms with van der Waals surface area (Å²) in [5, 5.41) is 17.9. The summed E-state index contributed by atoms with van der Waals surface area (Å²) in [6.07, 6.45) is 0.804. The average Bonchev–Trinajstić information content (AvgIpc) is 3.16.